The Morgan fingerprint density at radius 3 is 2.86 bits per heavy atom. The van der Waals surface area contributed by atoms with E-state index in [-0.39, 0.29) is 17.6 Å². The Morgan fingerprint density at radius 2 is 2.29 bits per heavy atom. The molecule has 0 fully saturated rings. The molecule has 7 heteroatoms. The number of nitrogens with two attached hydrogens (primary N) is 1. The fraction of sp³-hybridized carbons (Fsp3) is 0.357. The summed E-state index contributed by atoms with van der Waals surface area (Å²) in [6.45, 7) is 4.00. The first kappa shape index (κ1) is 16.3. The van der Waals surface area contributed by atoms with Crippen molar-refractivity contribution in [2.45, 2.75) is 19.9 Å². The molecule has 1 atom stereocenters. The third kappa shape index (κ3) is 4.38. The van der Waals surface area contributed by atoms with Gasteiger partial charge in [0.2, 0.25) is 0 Å². The lowest BCUT2D eigenvalue weighted by atomic mass is 10.2. The number of nitriles is 1. The molecule has 1 rings (SSSR count). The smallest absolute Gasteiger partial charge is 0.273 e. The second-order valence-electron chi connectivity index (χ2n) is 4.19. The zero-order valence-corrected chi connectivity index (χ0v) is 12.3. The number of amidine groups is 1. The summed E-state index contributed by atoms with van der Waals surface area (Å²) in [5.74, 6) is -0.336. The molecule has 1 heterocycles. The lowest BCUT2D eigenvalue weighted by Gasteiger charge is -2.14. The third-order valence-corrected chi connectivity index (χ3v) is 2.69. The first-order valence-corrected chi connectivity index (χ1v) is 6.48. The Labute approximate surface area is 123 Å². The van der Waals surface area contributed by atoms with Gasteiger partial charge >= 0.3 is 0 Å². The molecule has 3 N–H and O–H groups in total. The van der Waals surface area contributed by atoms with Crippen LogP contribution in [0, 0.1) is 11.3 Å². The fourth-order valence-corrected chi connectivity index (χ4v) is 1.63. The molecule has 0 spiro atoms. The molecule has 110 valence electrons. The molecule has 0 aliphatic rings. The quantitative estimate of drug-likeness (QED) is 0.608. The highest BCUT2D eigenvalue weighted by atomic mass is 16.2. The Kier molecular flexibility index (Phi) is 6.01. The van der Waals surface area contributed by atoms with Crippen LogP contribution >= 0.6 is 0 Å². The molecule has 0 saturated heterocycles. The summed E-state index contributed by atoms with van der Waals surface area (Å²) in [6.07, 6.45) is 0. The van der Waals surface area contributed by atoms with Crippen LogP contribution in [0.25, 0.3) is 0 Å². The number of nitrogens with one attached hydrogen (secondary N) is 1. The van der Waals surface area contributed by atoms with Crippen LogP contribution in [0.4, 0.5) is 0 Å². The van der Waals surface area contributed by atoms with Crippen molar-refractivity contribution in [2.75, 3.05) is 13.6 Å². The zero-order valence-electron chi connectivity index (χ0n) is 12.3. The minimum Gasteiger partial charge on any atom is -0.382 e. The number of carbonyl (C=O) groups is 1. The van der Waals surface area contributed by atoms with Crippen molar-refractivity contribution in [3.8, 4) is 6.07 Å². The molecular formula is C14H18N6O. The Bertz CT molecular complexity index is 614. The van der Waals surface area contributed by atoms with Crippen molar-refractivity contribution in [1.29, 1.82) is 5.26 Å². The number of rotatable bonds is 5. The first-order valence-electron chi connectivity index (χ1n) is 6.48. The van der Waals surface area contributed by atoms with E-state index < -0.39 is 5.91 Å². The van der Waals surface area contributed by atoms with Gasteiger partial charge in [-0.05, 0) is 26.0 Å². The maximum atomic E-state index is 12.2. The number of aliphatic imine (C=N–C) groups is 2. The van der Waals surface area contributed by atoms with Crippen molar-refractivity contribution in [1.82, 2.24) is 10.3 Å². The van der Waals surface area contributed by atoms with E-state index in [0.29, 0.717) is 17.9 Å². The number of hydrogen-bond donors (Lipinski definition) is 2. The van der Waals surface area contributed by atoms with E-state index in [2.05, 4.69) is 20.3 Å². The van der Waals surface area contributed by atoms with E-state index in [9.17, 15) is 4.79 Å². The minimum absolute atomic E-state index is 0.0836. The fourth-order valence-electron chi connectivity index (χ4n) is 1.63. The lowest BCUT2D eigenvalue weighted by Crippen LogP contribution is -2.41. The topological polar surface area (TPSA) is 117 Å². The van der Waals surface area contributed by atoms with Gasteiger partial charge in [-0.3, -0.25) is 14.8 Å². The molecule has 21 heavy (non-hydrogen) atoms. The maximum Gasteiger partial charge on any atom is 0.273 e. The van der Waals surface area contributed by atoms with Crippen LogP contribution in [0.2, 0.25) is 0 Å². The number of hydrogen-bond acceptors (Lipinski definition) is 5. The van der Waals surface area contributed by atoms with Crippen molar-refractivity contribution in [3.05, 3.63) is 29.6 Å². The molecule has 0 radical (unpaired) electrons. The Hall–Kier alpha value is -2.75. The van der Waals surface area contributed by atoms with Gasteiger partial charge < -0.3 is 11.1 Å². The second-order valence-corrected chi connectivity index (χ2v) is 4.19. The highest BCUT2D eigenvalue weighted by molar-refractivity contribution is 6.66. The van der Waals surface area contributed by atoms with Crippen molar-refractivity contribution in [3.63, 3.8) is 0 Å². The molecule has 0 unspecified atom stereocenters. The normalized spacial score (nSPS) is 13.4. The van der Waals surface area contributed by atoms with E-state index in [0.717, 1.165) is 0 Å². The summed E-state index contributed by atoms with van der Waals surface area (Å²) >= 11 is 0. The minimum atomic E-state index is -0.420. The van der Waals surface area contributed by atoms with Gasteiger partial charge in [-0.2, -0.15) is 5.26 Å². The van der Waals surface area contributed by atoms with Gasteiger partial charge in [0.15, 0.2) is 5.71 Å². The lowest BCUT2D eigenvalue weighted by molar-refractivity contribution is -0.115. The zero-order chi connectivity index (χ0) is 15.8. The predicted octanol–water partition coefficient (Wildman–Crippen LogP) is 0.578. The number of nitrogens with zero attached hydrogens (tertiary/aromatic N) is 4. The Morgan fingerprint density at radius 1 is 1.57 bits per heavy atom. The molecule has 1 aromatic heterocycles. The summed E-state index contributed by atoms with van der Waals surface area (Å²) in [5, 5.41) is 11.6. The summed E-state index contributed by atoms with van der Waals surface area (Å²) in [4.78, 5) is 24.1. The van der Waals surface area contributed by atoms with Gasteiger partial charge in [0, 0.05) is 13.6 Å². The summed E-state index contributed by atoms with van der Waals surface area (Å²) in [5.41, 5.74) is 6.65. The van der Waals surface area contributed by atoms with Crippen molar-refractivity contribution < 1.29 is 4.79 Å². The van der Waals surface area contributed by atoms with Gasteiger partial charge in [0.05, 0.1) is 11.7 Å². The van der Waals surface area contributed by atoms with Gasteiger partial charge in [-0.1, -0.05) is 6.07 Å². The number of pyridine rings is 1. The molecular weight excluding hydrogens is 268 g/mol. The highest BCUT2D eigenvalue weighted by Gasteiger charge is 2.18. The highest BCUT2D eigenvalue weighted by Crippen LogP contribution is 2.09. The van der Waals surface area contributed by atoms with Crippen molar-refractivity contribution in [2.24, 2.45) is 15.7 Å². The number of aromatic nitrogens is 1. The molecule has 0 bridgehead atoms. The van der Waals surface area contributed by atoms with Crippen LogP contribution in [-0.4, -0.2) is 36.0 Å². The van der Waals surface area contributed by atoms with E-state index in [1.807, 2.05) is 6.07 Å². The van der Waals surface area contributed by atoms with Crippen LogP contribution in [-0.2, 0) is 4.79 Å². The first-order chi connectivity index (χ1) is 10.0. The van der Waals surface area contributed by atoms with Gasteiger partial charge in [0.25, 0.3) is 5.91 Å². The standard InChI is InChI=1S/C14H18N6O/c1-4-18-12(13(16)17-3)14(21)19-9(2)11-7-5-6-10(8-15)20-11/h5-7,9H,4H2,1-3H3,(H2,16,17)(H,19,21)/t9-/m1/s1. The van der Waals surface area contributed by atoms with E-state index >= 15 is 0 Å². The summed E-state index contributed by atoms with van der Waals surface area (Å²) in [7, 11) is 1.50. The number of amides is 1. The van der Waals surface area contributed by atoms with Crippen LogP contribution < -0.4 is 11.1 Å². The molecule has 7 nitrogen and oxygen atoms in total. The molecule has 0 aromatic carbocycles. The van der Waals surface area contributed by atoms with Crippen LogP contribution in [0.15, 0.2) is 28.2 Å². The van der Waals surface area contributed by atoms with E-state index in [1.54, 1.807) is 32.0 Å². The SMILES string of the molecule is CCN=C(C(=O)N[C@H](C)c1cccc(C#N)n1)C(N)=NC. The molecule has 1 aromatic rings. The third-order valence-electron chi connectivity index (χ3n) is 2.69. The molecule has 0 aliphatic heterocycles. The molecule has 1 amide bonds. The summed E-state index contributed by atoms with van der Waals surface area (Å²) in [6, 6.07) is 6.63. The number of carbonyl (C=O) groups excluding carboxylic acids is 1. The Balaban J connectivity index is 2.91. The van der Waals surface area contributed by atoms with Crippen LogP contribution in [0.5, 0.6) is 0 Å². The van der Waals surface area contributed by atoms with Crippen LogP contribution in [0.3, 0.4) is 0 Å². The largest absolute Gasteiger partial charge is 0.382 e. The van der Waals surface area contributed by atoms with E-state index in [1.165, 1.54) is 7.05 Å². The average molecular weight is 286 g/mol. The average Bonchev–Trinajstić information content (AvgIpc) is 2.51. The molecule has 0 saturated carbocycles. The maximum absolute atomic E-state index is 12.2. The van der Waals surface area contributed by atoms with Crippen molar-refractivity contribution >= 4 is 17.5 Å². The predicted molar refractivity (Wildman–Crippen MR) is 81.0 cm³/mol. The second kappa shape index (κ2) is 7.75. The van der Waals surface area contributed by atoms with Crippen LogP contribution in [0.1, 0.15) is 31.3 Å². The van der Waals surface area contributed by atoms with Gasteiger partial charge in [-0.15, -0.1) is 0 Å². The monoisotopic (exact) mass is 286 g/mol. The van der Waals surface area contributed by atoms with Gasteiger partial charge in [0.1, 0.15) is 17.6 Å². The molecule has 0 aliphatic carbocycles. The van der Waals surface area contributed by atoms with Gasteiger partial charge in [-0.25, -0.2) is 4.98 Å². The summed E-state index contributed by atoms with van der Waals surface area (Å²) < 4.78 is 0. The van der Waals surface area contributed by atoms with E-state index in [4.69, 9.17) is 11.0 Å².